The molecule has 0 bridgehead atoms. The lowest BCUT2D eigenvalue weighted by Crippen LogP contribution is -2.02. The Morgan fingerprint density at radius 1 is 1.22 bits per heavy atom. The highest BCUT2D eigenvalue weighted by Crippen LogP contribution is 2.27. The average Bonchev–Trinajstić information content (AvgIpc) is 2.76. The molecule has 0 saturated heterocycles. The van der Waals surface area contributed by atoms with Crippen LogP contribution in [0.2, 0.25) is 0 Å². The largest absolute Gasteiger partial charge is 0.487 e. The lowest BCUT2D eigenvalue weighted by molar-refractivity contribution is 0.308. The predicted octanol–water partition coefficient (Wildman–Crippen LogP) is 4.12. The summed E-state index contributed by atoms with van der Waals surface area (Å²) in [6, 6.07) is 10.4. The molecule has 0 saturated carbocycles. The van der Waals surface area contributed by atoms with E-state index in [0.717, 1.165) is 16.8 Å². The van der Waals surface area contributed by atoms with Crippen molar-refractivity contribution in [2.75, 3.05) is 7.05 Å². The van der Waals surface area contributed by atoms with Crippen molar-refractivity contribution in [1.29, 1.82) is 0 Å². The quantitative estimate of drug-likeness (QED) is 0.892. The van der Waals surface area contributed by atoms with Crippen molar-refractivity contribution in [3.63, 3.8) is 0 Å². The maximum Gasteiger partial charge on any atom is 0.134 e. The molecule has 2 nitrogen and oxygen atoms in total. The van der Waals surface area contributed by atoms with Crippen LogP contribution >= 0.6 is 27.3 Å². The molecule has 0 unspecified atom stereocenters. The van der Waals surface area contributed by atoms with E-state index in [9.17, 15) is 0 Å². The average molecular weight is 326 g/mol. The summed E-state index contributed by atoms with van der Waals surface area (Å²) in [6.07, 6.45) is 0. The van der Waals surface area contributed by atoms with Gasteiger partial charge < -0.3 is 10.1 Å². The number of thiophene rings is 1. The number of ether oxygens (including phenoxy) is 1. The van der Waals surface area contributed by atoms with Crippen molar-refractivity contribution in [2.24, 2.45) is 0 Å². The summed E-state index contributed by atoms with van der Waals surface area (Å²) in [5, 5.41) is 3.15. The van der Waals surface area contributed by atoms with Crippen LogP contribution in [0.5, 0.6) is 5.75 Å². The Balaban J connectivity index is 1.97. The highest BCUT2D eigenvalue weighted by molar-refractivity contribution is 9.10. The lowest BCUT2D eigenvalue weighted by atomic mass is 10.2. The Hall–Kier alpha value is -0.840. The number of hydrogen-bond acceptors (Lipinski definition) is 3. The summed E-state index contributed by atoms with van der Waals surface area (Å²) in [5.41, 5.74) is 1.22. The van der Waals surface area contributed by atoms with Gasteiger partial charge in [0.15, 0.2) is 0 Å². The number of aryl methyl sites for hydroxylation is 1. The smallest absolute Gasteiger partial charge is 0.134 e. The Morgan fingerprint density at radius 3 is 2.72 bits per heavy atom. The minimum Gasteiger partial charge on any atom is -0.487 e. The summed E-state index contributed by atoms with van der Waals surface area (Å²) in [4.78, 5) is 2.58. The number of halogens is 1. The molecular formula is C14H16BrNOS. The molecule has 1 aromatic carbocycles. The van der Waals surface area contributed by atoms with Crippen LogP contribution in [0.3, 0.4) is 0 Å². The molecule has 0 aliphatic heterocycles. The molecule has 96 valence electrons. The van der Waals surface area contributed by atoms with Crippen molar-refractivity contribution in [3.05, 3.63) is 50.1 Å². The van der Waals surface area contributed by atoms with Gasteiger partial charge in [-0.25, -0.2) is 0 Å². The van der Waals surface area contributed by atoms with Gasteiger partial charge in [0.25, 0.3) is 0 Å². The molecule has 0 atom stereocenters. The summed E-state index contributed by atoms with van der Waals surface area (Å²) in [6.45, 7) is 3.60. The van der Waals surface area contributed by atoms with Crippen molar-refractivity contribution >= 4 is 27.3 Å². The van der Waals surface area contributed by atoms with Crippen LogP contribution in [0, 0.1) is 6.92 Å². The maximum atomic E-state index is 5.81. The zero-order valence-corrected chi connectivity index (χ0v) is 12.9. The molecule has 0 aliphatic rings. The van der Waals surface area contributed by atoms with Crippen LogP contribution in [-0.2, 0) is 13.2 Å². The van der Waals surface area contributed by atoms with Crippen LogP contribution in [0.25, 0.3) is 0 Å². The summed E-state index contributed by atoms with van der Waals surface area (Å²) < 4.78 is 6.82. The fraction of sp³-hybridized carbons (Fsp3) is 0.286. The topological polar surface area (TPSA) is 21.3 Å². The van der Waals surface area contributed by atoms with Crippen molar-refractivity contribution in [1.82, 2.24) is 5.32 Å². The number of rotatable bonds is 5. The van der Waals surface area contributed by atoms with Crippen molar-refractivity contribution in [3.8, 4) is 5.75 Å². The molecule has 1 N–H and O–H groups in total. The van der Waals surface area contributed by atoms with Gasteiger partial charge in [0.05, 0.1) is 4.47 Å². The standard InChI is InChI=1S/C14H16BrNOS/c1-10-3-6-14(13(15)7-10)17-9-12-5-4-11(18-12)8-16-2/h3-7,16H,8-9H2,1-2H3. The van der Waals surface area contributed by atoms with E-state index >= 15 is 0 Å². The van der Waals surface area contributed by atoms with Gasteiger partial charge >= 0.3 is 0 Å². The van der Waals surface area contributed by atoms with E-state index in [0.29, 0.717) is 6.61 Å². The van der Waals surface area contributed by atoms with E-state index in [-0.39, 0.29) is 0 Å². The molecule has 0 spiro atoms. The second kappa shape index (κ2) is 6.36. The third-order valence-corrected chi connectivity index (χ3v) is 4.20. The Bertz CT molecular complexity index is 524. The van der Waals surface area contributed by atoms with Crippen LogP contribution in [0.4, 0.5) is 0 Å². The van der Waals surface area contributed by atoms with Gasteiger partial charge in [-0.1, -0.05) is 6.07 Å². The summed E-state index contributed by atoms with van der Waals surface area (Å²) in [7, 11) is 1.96. The van der Waals surface area contributed by atoms with Gasteiger partial charge in [0.2, 0.25) is 0 Å². The molecule has 2 aromatic rings. The first-order valence-electron chi connectivity index (χ1n) is 5.80. The zero-order valence-electron chi connectivity index (χ0n) is 10.5. The van der Waals surface area contributed by atoms with Gasteiger partial charge in [0, 0.05) is 16.3 Å². The van der Waals surface area contributed by atoms with Crippen LogP contribution in [0.15, 0.2) is 34.8 Å². The van der Waals surface area contributed by atoms with Crippen LogP contribution in [-0.4, -0.2) is 7.05 Å². The SMILES string of the molecule is CNCc1ccc(COc2ccc(C)cc2Br)s1. The molecule has 1 heterocycles. The summed E-state index contributed by atoms with van der Waals surface area (Å²) >= 11 is 5.30. The normalized spacial score (nSPS) is 10.6. The van der Waals surface area contributed by atoms with E-state index in [1.54, 1.807) is 11.3 Å². The highest BCUT2D eigenvalue weighted by atomic mass is 79.9. The maximum absolute atomic E-state index is 5.81. The monoisotopic (exact) mass is 325 g/mol. The predicted molar refractivity (Wildman–Crippen MR) is 80.3 cm³/mol. The number of hydrogen-bond donors (Lipinski definition) is 1. The van der Waals surface area contributed by atoms with Crippen molar-refractivity contribution < 1.29 is 4.74 Å². The Morgan fingerprint density at radius 2 is 2.00 bits per heavy atom. The molecule has 1 aromatic heterocycles. The minimum absolute atomic E-state index is 0.621. The second-order valence-electron chi connectivity index (χ2n) is 4.12. The number of nitrogens with one attached hydrogen (secondary N) is 1. The van der Waals surface area contributed by atoms with Gasteiger partial charge in [-0.3, -0.25) is 0 Å². The van der Waals surface area contributed by atoms with Crippen LogP contribution < -0.4 is 10.1 Å². The molecule has 18 heavy (non-hydrogen) atoms. The summed E-state index contributed by atoms with van der Waals surface area (Å²) in [5.74, 6) is 0.893. The van der Waals surface area contributed by atoms with Gasteiger partial charge in [0.1, 0.15) is 12.4 Å². The first kappa shape index (κ1) is 13.6. The third-order valence-electron chi connectivity index (χ3n) is 2.53. The zero-order chi connectivity index (χ0) is 13.0. The molecule has 0 fully saturated rings. The van der Waals surface area contributed by atoms with E-state index in [4.69, 9.17) is 4.74 Å². The highest BCUT2D eigenvalue weighted by Gasteiger charge is 2.04. The molecule has 0 radical (unpaired) electrons. The van der Waals surface area contributed by atoms with E-state index in [1.165, 1.54) is 15.3 Å². The minimum atomic E-state index is 0.621. The van der Waals surface area contributed by atoms with Crippen molar-refractivity contribution in [2.45, 2.75) is 20.1 Å². The lowest BCUT2D eigenvalue weighted by Gasteiger charge is -2.07. The van der Waals surface area contributed by atoms with E-state index in [1.807, 2.05) is 13.1 Å². The van der Waals surface area contributed by atoms with E-state index in [2.05, 4.69) is 52.4 Å². The molecule has 0 amide bonds. The molecular weight excluding hydrogens is 310 g/mol. The fourth-order valence-corrected chi connectivity index (χ4v) is 3.19. The second-order valence-corrected chi connectivity index (χ2v) is 6.23. The van der Waals surface area contributed by atoms with E-state index < -0.39 is 0 Å². The molecule has 4 heteroatoms. The van der Waals surface area contributed by atoms with Crippen LogP contribution in [0.1, 0.15) is 15.3 Å². The molecule has 2 rings (SSSR count). The van der Waals surface area contributed by atoms with Gasteiger partial charge in [-0.15, -0.1) is 11.3 Å². The van der Waals surface area contributed by atoms with Gasteiger partial charge in [-0.05, 0) is 59.7 Å². The molecule has 0 aliphatic carbocycles. The first-order chi connectivity index (χ1) is 8.69. The van der Waals surface area contributed by atoms with Gasteiger partial charge in [-0.2, -0.15) is 0 Å². The number of benzene rings is 1. The Labute approximate surface area is 120 Å². The Kier molecular flexibility index (Phi) is 4.80. The first-order valence-corrected chi connectivity index (χ1v) is 7.41. The fourth-order valence-electron chi connectivity index (χ4n) is 1.64. The third kappa shape index (κ3) is 3.57.